The summed E-state index contributed by atoms with van der Waals surface area (Å²) in [6.07, 6.45) is 3.81. The zero-order chi connectivity index (χ0) is 19.5. The number of rotatable bonds is 5. The summed E-state index contributed by atoms with van der Waals surface area (Å²) in [5, 5.41) is 3.52. The molecule has 146 valence electrons. The lowest BCUT2D eigenvalue weighted by molar-refractivity contribution is -0.135. The van der Waals surface area contributed by atoms with Crippen molar-refractivity contribution in [2.75, 3.05) is 18.4 Å². The van der Waals surface area contributed by atoms with Crippen molar-refractivity contribution in [1.29, 1.82) is 0 Å². The van der Waals surface area contributed by atoms with E-state index in [9.17, 15) is 9.59 Å². The fraction of sp³-hybridized carbons (Fsp3) is 0.391. The van der Waals surface area contributed by atoms with Gasteiger partial charge in [0.15, 0.2) is 0 Å². The highest BCUT2D eigenvalue weighted by atomic mass is 35.5. The Morgan fingerprint density at radius 3 is 2.32 bits per heavy atom. The molecule has 1 aliphatic heterocycles. The summed E-state index contributed by atoms with van der Waals surface area (Å²) < 4.78 is 0. The molecule has 4 nitrogen and oxygen atoms in total. The highest BCUT2D eigenvalue weighted by Gasteiger charge is 2.49. The van der Waals surface area contributed by atoms with Gasteiger partial charge < -0.3 is 10.2 Å². The Bertz CT molecular complexity index is 829. The maximum absolute atomic E-state index is 12.8. The molecule has 2 aliphatic rings. The van der Waals surface area contributed by atoms with Gasteiger partial charge in [-0.25, -0.2) is 0 Å². The number of carbonyl (C=O) groups excluding carboxylic acids is 2. The van der Waals surface area contributed by atoms with Crippen molar-refractivity contribution in [3.63, 3.8) is 0 Å². The Morgan fingerprint density at radius 2 is 1.64 bits per heavy atom. The van der Waals surface area contributed by atoms with Crippen LogP contribution < -0.4 is 5.32 Å². The molecule has 4 rings (SSSR count). The summed E-state index contributed by atoms with van der Waals surface area (Å²) in [6, 6.07) is 17.6. The smallest absolute Gasteiger partial charge is 0.228 e. The lowest BCUT2D eigenvalue weighted by Gasteiger charge is -2.32. The fourth-order valence-electron chi connectivity index (χ4n) is 4.07. The molecule has 2 aromatic rings. The number of piperidine rings is 1. The van der Waals surface area contributed by atoms with Gasteiger partial charge in [0.05, 0.1) is 11.8 Å². The maximum atomic E-state index is 12.8. The van der Waals surface area contributed by atoms with E-state index in [-0.39, 0.29) is 23.7 Å². The van der Waals surface area contributed by atoms with E-state index in [0.29, 0.717) is 23.0 Å². The van der Waals surface area contributed by atoms with E-state index >= 15 is 0 Å². The van der Waals surface area contributed by atoms with Crippen molar-refractivity contribution in [1.82, 2.24) is 4.90 Å². The third kappa shape index (κ3) is 4.56. The molecule has 1 heterocycles. The number of benzene rings is 2. The van der Waals surface area contributed by atoms with Gasteiger partial charge >= 0.3 is 0 Å². The number of halogens is 1. The van der Waals surface area contributed by atoms with Gasteiger partial charge in [-0.1, -0.05) is 41.9 Å². The minimum absolute atomic E-state index is 0.0698. The number of carbonyl (C=O) groups is 2. The first-order chi connectivity index (χ1) is 13.6. The number of hydrogen-bond donors (Lipinski definition) is 1. The Labute approximate surface area is 170 Å². The molecule has 0 spiro atoms. The predicted octanol–water partition coefficient (Wildman–Crippen LogP) is 4.40. The summed E-state index contributed by atoms with van der Waals surface area (Å²) in [5.41, 5.74) is 2.09. The number of amides is 2. The first-order valence-corrected chi connectivity index (χ1v) is 10.4. The van der Waals surface area contributed by atoms with Crippen LogP contribution in [0.3, 0.4) is 0 Å². The number of nitrogens with zero attached hydrogens (tertiary/aromatic N) is 1. The molecule has 5 heteroatoms. The molecular formula is C23H25ClN2O2. The molecular weight excluding hydrogens is 372 g/mol. The standard InChI is InChI=1S/C23H25ClN2O2/c24-18-6-8-19(9-7-18)25-22(27)20-15-21(20)23(28)26-12-10-17(11-13-26)14-16-4-2-1-3-5-16/h1-9,17,20-21H,10-15H2,(H,25,27). The average molecular weight is 397 g/mol. The molecule has 1 saturated carbocycles. The molecule has 2 unspecified atom stereocenters. The van der Waals surface area contributed by atoms with E-state index in [1.54, 1.807) is 24.3 Å². The van der Waals surface area contributed by atoms with E-state index in [2.05, 4.69) is 29.6 Å². The van der Waals surface area contributed by atoms with Gasteiger partial charge in [0.1, 0.15) is 0 Å². The monoisotopic (exact) mass is 396 g/mol. The molecule has 0 aromatic heterocycles. The fourth-order valence-corrected chi connectivity index (χ4v) is 4.19. The largest absolute Gasteiger partial charge is 0.342 e. The quantitative estimate of drug-likeness (QED) is 0.814. The lowest BCUT2D eigenvalue weighted by atomic mass is 9.90. The zero-order valence-corrected chi connectivity index (χ0v) is 16.6. The second-order valence-corrected chi connectivity index (χ2v) is 8.34. The maximum Gasteiger partial charge on any atom is 0.228 e. The number of nitrogens with one attached hydrogen (secondary N) is 1. The van der Waals surface area contributed by atoms with Crippen molar-refractivity contribution < 1.29 is 9.59 Å². The van der Waals surface area contributed by atoms with Crippen LogP contribution in [0.2, 0.25) is 5.02 Å². The van der Waals surface area contributed by atoms with Crippen molar-refractivity contribution >= 4 is 29.1 Å². The molecule has 2 amide bonds. The average Bonchev–Trinajstić information content (AvgIpc) is 3.52. The lowest BCUT2D eigenvalue weighted by Crippen LogP contribution is -2.40. The van der Waals surface area contributed by atoms with Crippen LogP contribution in [0.25, 0.3) is 0 Å². The topological polar surface area (TPSA) is 49.4 Å². The molecule has 0 radical (unpaired) electrons. The van der Waals surface area contributed by atoms with Crippen LogP contribution >= 0.6 is 11.6 Å². The summed E-state index contributed by atoms with van der Waals surface area (Å²) in [4.78, 5) is 27.1. The molecule has 28 heavy (non-hydrogen) atoms. The zero-order valence-electron chi connectivity index (χ0n) is 15.8. The van der Waals surface area contributed by atoms with E-state index in [1.807, 2.05) is 11.0 Å². The molecule has 2 atom stereocenters. The first kappa shape index (κ1) is 19.0. The van der Waals surface area contributed by atoms with Gasteiger partial charge in [-0.2, -0.15) is 0 Å². The molecule has 2 aromatic carbocycles. The third-order valence-corrected chi connectivity index (χ3v) is 6.10. The second-order valence-electron chi connectivity index (χ2n) is 7.90. The third-order valence-electron chi connectivity index (χ3n) is 5.85. The highest BCUT2D eigenvalue weighted by Crippen LogP contribution is 2.41. The van der Waals surface area contributed by atoms with E-state index in [1.165, 1.54) is 5.56 Å². The minimum Gasteiger partial charge on any atom is -0.342 e. The van der Waals surface area contributed by atoms with Gasteiger partial charge in [0.2, 0.25) is 11.8 Å². The van der Waals surface area contributed by atoms with Crippen LogP contribution in [0, 0.1) is 17.8 Å². The molecule has 0 bridgehead atoms. The number of likely N-dealkylation sites (tertiary alicyclic amines) is 1. The van der Waals surface area contributed by atoms with E-state index in [0.717, 1.165) is 32.4 Å². The Hall–Kier alpha value is -2.33. The number of hydrogen-bond acceptors (Lipinski definition) is 2. The van der Waals surface area contributed by atoms with Crippen LogP contribution in [0.1, 0.15) is 24.8 Å². The molecule has 1 N–H and O–H groups in total. The minimum atomic E-state index is -0.203. The van der Waals surface area contributed by atoms with Gasteiger partial charge in [-0.15, -0.1) is 0 Å². The van der Waals surface area contributed by atoms with Crippen LogP contribution in [0.4, 0.5) is 5.69 Å². The summed E-state index contributed by atoms with van der Waals surface area (Å²) in [7, 11) is 0. The van der Waals surface area contributed by atoms with Crippen LogP contribution in [0.5, 0.6) is 0 Å². The van der Waals surface area contributed by atoms with Crippen LogP contribution in [-0.4, -0.2) is 29.8 Å². The van der Waals surface area contributed by atoms with Gasteiger partial charge in [-0.05, 0) is 61.4 Å². The van der Waals surface area contributed by atoms with Gasteiger partial charge in [0, 0.05) is 23.8 Å². The Morgan fingerprint density at radius 1 is 0.964 bits per heavy atom. The van der Waals surface area contributed by atoms with Gasteiger partial charge in [0.25, 0.3) is 0 Å². The molecule has 1 saturated heterocycles. The van der Waals surface area contributed by atoms with Crippen molar-refractivity contribution in [3.05, 3.63) is 65.2 Å². The molecule has 1 aliphatic carbocycles. The SMILES string of the molecule is O=C(Nc1ccc(Cl)cc1)C1CC1C(=O)N1CCC(Cc2ccccc2)CC1. The van der Waals surface area contributed by atoms with E-state index < -0.39 is 0 Å². The Balaban J connectivity index is 1.24. The summed E-state index contributed by atoms with van der Waals surface area (Å²) >= 11 is 5.87. The van der Waals surface area contributed by atoms with Crippen molar-refractivity contribution in [2.45, 2.75) is 25.7 Å². The van der Waals surface area contributed by atoms with Crippen molar-refractivity contribution in [2.24, 2.45) is 17.8 Å². The van der Waals surface area contributed by atoms with Crippen LogP contribution in [-0.2, 0) is 16.0 Å². The number of anilines is 1. The summed E-state index contributed by atoms with van der Waals surface area (Å²) in [5.74, 6) is 0.354. The Kier molecular flexibility index (Phi) is 5.67. The second kappa shape index (κ2) is 8.36. The predicted molar refractivity (Wildman–Crippen MR) is 111 cm³/mol. The summed E-state index contributed by atoms with van der Waals surface area (Å²) in [6.45, 7) is 1.61. The van der Waals surface area contributed by atoms with Crippen LogP contribution in [0.15, 0.2) is 54.6 Å². The normalized spacial score (nSPS) is 22.0. The van der Waals surface area contributed by atoms with E-state index in [4.69, 9.17) is 11.6 Å². The first-order valence-electron chi connectivity index (χ1n) is 9.99. The van der Waals surface area contributed by atoms with Gasteiger partial charge in [-0.3, -0.25) is 9.59 Å². The highest BCUT2D eigenvalue weighted by molar-refractivity contribution is 6.30. The van der Waals surface area contributed by atoms with Crippen molar-refractivity contribution in [3.8, 4) is 0 Å². The molecule has 2 fully saturated rings.